The number of fused-ring (bicyclic) bond motifs is 1. The molecular weight excluding hydrogens is 482 g/mol. The molecule has 0 spiro atoms. The van der Waals surface area contributed by atoms with Gasteiger partial charge in [0.25, 0.3) is 5.91 Å². The van der Waals surface area contributed by atoms with E-state index in [1.807, 2.05) is 36.2 Å². The predicted octanol–water partition coefficient (Wildman–Crippen LogP) is 3.47. The minimum atomic E-state index is -1.13. The number of anilines is 3. The lowest BCUT2D eigenvalue weighted by atomic mass is 10.2. The maximum atomic E-state index is 12.9. The van der Waals surface area contributed by atoms with E-state index >= 15 is 0 Å². The molecule has 12 heteroatoms. The van der Waals surface area contributed by atoms with Crippen LogP contribution in [0.15, 0.2) is 36.5 Å². The lowest BCUT2D eigenvalue weighted by molar-refractivity contribution is 0.0692. The Hall–Kier alpha value is -4.19. The van der Waals surface area contributed by atoms with Gasteiger partial charge in [-0.1, -0.05) is 12.1 Å². The molecule has 1 saturated carbocycles. The van der Waals surface area contributed by atoms with Gasteiger partial charge in [-0.15, -0.1) is 16.4 Å². The number of aromatic nitrogens is 4. The summed E-state index contributed by atoms with van der Waals surface area (Å²) in [4.78, 5) is 35.1. The van der Waals surface area contributed by atoms with Crippen molar-refractivity contribution in [3.05, 3.63) is 58.5 Å². The second kappa shape index (κ2) is 9.46. The molecule has 0 bridgehead atoms. The van der Waals surface area contributed by atoms with Crippen molar-refractivity contribution < 1.29 is 19.4 Å². The number of hydrogen-bond acceptors (Lipinski definition) is 9. The Balaban J connectivity index is 1.54. The normalized spacial score (nSPS) is 13.0. The lowest BCUT2D eigenvalue weighted by Gasteiger charge is -2.21. The summed E-state index contributed by atoms with van der Waals surface area (Å²) in [5.74, 6) is -0.248. The van der Waals surface area contributed by atoms with Crippen LogP contribution in [-0.4, -0.2) is 56.8 Å². The van der Waals surface area contributed by atoms with Crippen molar-refractivity contribution in [2.75, 3.05) is 24.4 Å². The number of benzene rings is 1. The van der Waals surface area contributed by atoms with Crippen LogP contribution >= 0.6 is 11.3 Å². The van der Waals surface area contributed by atoms with Gasteiger partial charge in [-0.2, -0.15) is 0 Å². The predicted molar refractivity (Wildman–Crippen MR) is 136 cm³/mol. The smallest absolute Gasteiger partial charge is 0.357 e. The summed E-state index contributed by atoms with van der Waals surface area (Å²) >= 11 is 1.22. The molecule has 4 aromatic rings. The Labute approximate surface area is 210 Å². The first-order valence-electron chi connectivity index (χ1n) is 11.3. The van der Waals surface area contributed by atoms with E-state index in [2.05, 4.69) is 25.7 Å². The molecule has 11 nitrogen and oxygen atoms in total. The van der Waals surface area contributed by atoms with Gasteiger partial charge in [0.05, 0.1) is 24.0 Å². The summed E-state index contributed by atoms with van der Waals surface area (Å²) < 4.78 is 6.74. The number of aromatic carboxylic acids is 1. The molecule has 0 saturated heterocycles. The monoisotopic (exact) mass is 507 g/mol. The first-order valence-corrected chi connectivity index (χ1v) is 12.2. The van der Waals surface area contributed by atoms with Crippen LogP contribution in [0, 0.1) is 6.92 Å². The zero-order valence-corrected chi connectivity index (χ0v) is 20.8. The van der Waals surface area contributed by atoms with Gasteiger partial charge in [-0.25, -0.2) is 19.3 Å². The van der Waals surface area contributed by atoms with E-state index in [-0.39, 0.29) is 17.6 Å². The van der Waals surface area contributed by atoms with Crippen molar-refractivity contribution >= 4 is 45.4 Å². The maximum Gasteiger partial charge on any atom is 0.357 e. The summed E-state index contributed by atoms with van der Waals surface area (Å²) in [6.07, 6.45) is 3.43. The minimum absolute atomic E-state index is 0.0788. The largest absolute Gasteiger partial charge is 0.497 e. The van der Waals surface area contributed by atoms with Crippen LogP contribution in [0.4, 0.5) is 16.5 Å². The van der Waals surface area contributed by atoms with E-state index in [0.717, 1.165) is 24.2 Å². The molecule has 186 valence electrons. The number of carbonyl (C=O) groups is 2. The van der Waals surface area contributed by atoms with E-state index in [0.29, 0.717) is 39.4 Å². The van der Waals surface area contributed by atoms with Gasteiger partial charge < -0.3 is 25.4 Å². The Kier molecular flexibility index (Phi) is 6.18. The Morgan fingerprint density at radius 3 is 2.69 bits per heavy atom. The molecule has 0 aliphatic heterocycles. The highest BCUT2D eigenvalue weighted by Crippen LogP contribution is 2.31. The van der Waals surface area contributed by atoms with Gasteiger partial charge in [0.1, 0.15) is 10.8 Å². The van der Waals surface area contributed by atoms with Gasteiger partial charge in [0.15, 0.2) is 22.9 Å². The van der Waals surface area contributed by atoms with Crippen LogP contribution in [0.3, 0.4) is 0 Å². The third kappa shape index (κ3) is 4.80. The summed E-state index contributed by atoms with van der Waals surface area (Å²) in [5, 5.41) is 21.2. The van der Waals surface area contributed by atoms with Crippen LogP contribution in [0.25, 0.3) is 5.65 Å². The van der Waals surface area contributed by atoms with Gasteiger partial charge in [0, 0.05) is 25.7 Å². The molecule has 1 aromatic carbocycles. The standard InChI is InChI=1S/C24H25N7O4S/c1-13-26-20(24(33)34)23(36-13)28-19-10-17(30(2)12-14-4-8-16(35-3)9-5-14)21-25-11-18(31(21)29-19)22(32)27-15-6-7-15/h4-5,8-11,15H,6-7,12H2,1-3H3,(H,27,32)(H,28,29)(H,33,34). The minimum Gasteiger partial charge on any atom is -0.497 e. The summed E-state index contributed by atoms with van der Waals surface area (Å²) in [5.41, 5.74) is 2.50. The lowest BCUT2D eigenvalue weighted by Crippen LogP contribution is -2.27. The maximum absolute atomic E-state index is 12.9. The molecule has 36 heavy (non-hydrogen) atoms. The van der Waals surface area contributed by atoms with Crippen LogP contribution < -0.4 is 20.3 Å². The molecule has 1 aliphatic carbocycles. The first-order chi connectivity index (χ1) is 17.3. The average molecular weight is 508 g/mol. The van der Waals surface area contributed by atoms with E-state index in [4.69, 9.17) is 4.74 Å². The van der Waals surface area contributed by atoms with Gasteiger partial charge >= 0.3 is 5.97 Å². The number of methoxy groups -OCH3 is 1. The quantitative estimate of drug-likeness (QED) is 0.311. The van der Waals surface area contributed by atoms with Gasteiger partial charge in [0.2, 0.25) is 0 Å². The highest BCUT2D eigenvalue weighted by molar-refractivity contribution is 7.16. The zero-order valence-electron chi connectivity index (χ0n) is 20.0. The van der Waals surface area contributed by atoms with Crippen LogP contribution in [0.5, 0.6) is 5.75 Å². The van der Waals surface area contributed by atoms with Gasteiger partial charge in [-0.3, -0.25) is 4.79 Å². The number of carbonyl (C=O) groups excluding carboxylic acids is 1. The summed E-state index contributed by atoms with van der Waals surface area (Å²) in [6.45, 7) is 2.29. The van der Waals surface area contributed by atoms with Crippen molar-refractivity contribution in [3.63, 3.8) is 0 Å². The highest BCUT2D eigenvalue weighted by Gasteiger charge is 2.27. The summed E-state index contributed by atoms with van der Waals surface area (Å²) in [6, 6.07) is 9.72. The van der Waals surface area contributed by atoms with Crippen LogP contribution in [0.2, 0.25) is 0 Å². The second-order valence-corrected chi connectivity index (χ2v) is 9.79. The molecule has 5 rings (SSSR count). The molecular formula is C24H25N7O4S. The summed E-state index contributed by atoms with van der Waals surface area (Å²) in [7, 11) is 3.54. The van der Waals surface area contributed by atoms with E-state index < -0.39 is 5.97 Å². The van der Waals surface area contributed by atoms with Crippen molar-refractivity contribution in [2.24, 2.45) is 0 Å². The number of rotatable bonds is 9. The van der Waals surface area contributed by atoms with E-state index in [1.54, 1.807) is 20.1 Å². The van der Waals surface area contributed by atoms with Crippen molar-refractivity contribution in [2.45, 2.75) is 32.4 Å². The van der Waals surface area contributed by atoms with Crippen molar-refractivity contribution in [1.82, 2.24) is 24.9 Å². The first kappa shape index (κ1) is 23.5. The Morgan fingerprint density at radius 1 is 1.28 bits per heavy atom. The number of thiazole rings is 1. The van der Waals surface area contributed by atoms with Crippen molar-refractivity contribution in [3.8, 4) is 5.75 Å². The third-order valence-electron chi connectivity index (χ3n) is 5.76. The van der Waals surface area contributed by atoms with E-state index in [9.17, 15) is 14.7 Å². The molecule has 3 N–H and O–H groups in total. The van der Waals surface area contributed by atoms with Crippen LogP contribution in [0.1, 0.15) is 44.4 Å². The topological polar surface area (TPSA) is 134 Å². The molecule has 3 heterocycles. The SMILES string of the molecule is COc1ccc(CN(C)c2cc(Nc3sc(C)nc3C(=O)O)nn3c(C(=O)NC4CC4)cnc23)cc1. The fourth-order valence-corrected chi connectivity index (χ4v) is 4.62. The highest BCUT2D eigenvalue weighted by atomic mass is 32.1. The van der Waals surface area contributed by atoms with Crippen LogP contribution in [-0.2, 0) is 6.54 Å². The molecule has 3 aromatic heterocycles. The fraction of sp³-hybridized carbons (Fsp3) is 0.292. The number of nitrogens with one attached hydrogen (secondary N) is 2. The van der Waals surface area contributed by atoms with Crippen molar-refractivity contribution in [1.29, 1.82) is 0 Å². The zero-order chi connectivity index (χ0) is 25.4. The average Bonchev–Trinajstić information content (AvgIpc) is 3.43. The number of aryl methyl sites for hydroxylation is 1. The third-order valence-corrected chi connectivity index (χ3v) is 6.65. The molecule has 1 fully saturated rings. The Bertz CT molecular complexity index is 1440. The molecule has 0 atom stereocenters. The number of carboxylic acid groups (broad SMARTS) is 1. The fourth-order valence-electron chi connectivity index (χ4n) is 3.80. The Morgan fingerprint density at radius 2 is 2.03 bits per heavy atom. The number of carboxylic acids is 1. The van der Waals surface area contributed by atoms with Gasteiger partial charge in [-0.05, 0) is 37.5 Å². The van der Waals surface area contributed by atoms with E-state index in [1.165, 1.54) is 22.0 Å². The molecule has 0 unspecified atom stereocenters. The molecule has 1 amide bonds. The number of nitrogens with zero attached hydrogens (tertiary/aromatic N) is 5. The molecule has 0 radical (unpaired) electrons. The number of hydrogen-bond donors (Lipinski definition) is 3. The molecule has 1 aliphatic rings. The number of amides is 1. The number of imidazole rings is 1. The second-order valence-electron chi connectivity index (χ2n) is 8.59. The number of ether oxygens (including phenoxy) is 1.